The molecule has 11 rings (SSSR count). The lowest BCUT2D eigenvalue weighted by Crippen LogP contribution is -2.07. The van der Waals surface area contributed by atoms with Gasteiger partial charge in [0.15, 0.2) is 17.5 Å². The zero-order valence-corrected chi connectivity index (χ0v) is 41.6. The highest BCUT2D eigenvalue weighted by Gasteiger charge is 2.33. The fourth-order valence-corrected chi connectivity index (χ4v) is 10.1. The Hall–Kier alpha value is -11.7. The highest BCUT2D eigenvalue weighted by Crippen LogP contribution is 2.47. The molecule has 0 aliphatic heterocycles. The number of nitrogens with zero attached hydrogens (tertiary/aromatic N) is 10. The van der Waals surface area contributed by atoms with Gasteiger partial charge in [-0.25, -0.2) is 15.0 Å². The fraction of sp³-hybridized carbons (Fsp3) is 0.0308. The maximum atomic E-state index is 14.9. The van der Waals surface area contributed by atoms with Gasteiger partial charge in [0.25, 0.3) is 0 Å². The summed E-state index contributed by atoms with van der Waals surface area (Å²) in [6, 6.07) is 57.5. The van der Waals surface area contributed by atoms with Crippen molar-refractivity contribution >= 4 is 21.8 Å². The molecule has 0 aliphatic carbocycles. The fourth-order valence-electron chi connectivity index (χ4n) is 10.1. The van der Waals surface area contributed by atoms with Crippen molar-refractivity contribution in [2.75, 3.05) is 0 Å². The van der Waals surface area contributed by atoms with E-state index in [4.69, 9.17) is 15.0 Å². The van der Waals surface area contributed by atoms with Gasteiger partial charge in [0, 0.05) is 49.7 Å². The summed E-state index contributed by atoms with van der Waals surface area (Å²) in [4.78, 5) is 14.6. The normalized spacial score (nSPS) is 11.3. The van der Waals surface area contributed by atoms with Crippen molar-refractivity contribution in [3.63, 3.8) is 0 Å². The van der Waals surface area contributed by atoms with Crippen molar-refractivity contribution in [1.82, 2.24) is 19.5 Å². The van der Waals surface area contributed by atoms with Gasteiger partial charge in [-0.1, -0.05) is 97.1 Å². The third-order valence-corrected chi connectivity index (χ3v) is 13.7. The van der Waals surface area contributed by atoms with Crippen LogP contribution in [0.25, 0.3) is 106 Å². The van der Waals surface area contributed by atoms with Gasteiger partial charge in [0.05, 0.1) is 97.6 Å². The van der Waals surface area contributed by atoms with Gasteiger partial charge in [-0.05, 0) is 107 Å². The van der Waals surface area contributed by atoms with E-state index < -0.39 is 23.5 Å². The third-order valence-electron chi connectivity index (χ3n) is 13.7. The number of rotatable bonds is 8. The maximum Gasteiger partial charge on any atom is 0.416 e. The molecule has 382 valence electrons. The monoisotopic (exact) mass is 1060 g/mol. The lowest BCUT2D eigenvalue weighted by atomic mass is 9.91. The van der Waals surface area contributed by atoms with Crippen molar-refractivity contribution in [2.45, 2.75) is 12.4 Å². The van der Waals surface area contributed by atoms with E-state index in [0.29, 0.717) is 44.1 Å². The highest BCUT2D eigenvalue weighted by molar-refractivity contribution is 6.13. The number of aromatic nitrogens is 4. The average Bonchev–Trinajstić information content (AvgIpc) is 3.15. The molecule has 0 N–H and O–H groups in total. The number of benzene rings is 9. The molecule has 10 nitrogen and oxygen atoms in total. The van der Waals surface area contributed by atoms with Crippen LogP contribution in [0.2, 0.25) is 0 Å². The molecular formula is C65H30F6N10. The van der Waals surface area contributed by atoms with Crippen LogP contribution >= 0.6 is 0 Å². The standard InChI is InChI=1S/C65H30F6N10/c66-64(67,68)50-15-7-13-41(25-50)52-29-45(63-79-61(39-9-3-1-4-10-39)78-62(80-63)40-11-5-2-6-12-40)30-53(42-14-8-16-51(26-42)65(69,70)71)60(52)81-56-19-17-43(58-46(33-74)21-37(31-72)22-47(58)34-75)27-54(56)55-28-44(18-20-57(55)81)59-48(35-76)23-38(32-73)24-49(59)36-77/h1-30H. The second kappa shape index (κ2) is 20.4. The van der Waals surface area contributed by atoms with Crippen LogP contribution < -0.4 is 0 Å². The Balaban J connectivity index is 1.32. The van der Waals surface area contributed by atoms with Crippen molar-refractivity contribution in [1.29, 1.82) is 31.6 Å². The average molecular weight is 1070 g/mol. The van der Waals surface area contributed by atoms with Crippen LogP contribution in [0.4, 0.5) is 26.3 Å². The molecule has 0 bridgehead atoms. The molecular weight excluding hydrogens is 1030 g/mol. The smallest absolute Gasteiger partial charge is 0.308 e. The third kappa shape index (κ3) is 9.45. The molecule has 16 heteroatoms. The topological polar surface area (TPSA) is 186 Å². The van der Waals surface area contributed by atoms with Crippen LogP contribution in [-0.2, 0) is 12.4 Å². The van der Waals surface area contributed by atoms with Crippen molar-refractivity contribution in [3.05, 3.63) is 226 Å². The van der Waals surface area contributed by atoms with Gasteiger partial charge >= 0.3 is 12.4 Å². The number of nitriles is 6. The van der Waals surface area contributed by atoms with E-state index in [-0.39, 0.29) is 95.5 Å². The molecule has 9 aromatic carbocycles. The van der Waals surface area contributed by atoms with Crippen LogP contribution in [0, 0.1) is 68.0 Å². The molecule has 0 unspecified atom stereocenters. The summed E-state index contributed by atoms with van der Waals surface area (Å²) in [6.07, 6.45) is -9.71. The molecule has 2 aromatic heterocycles. The summed E-state index contributed by atoms with van der Waals surface area (Å²) < 4.78 is 91.3. The Bertz CT molecular complexity index is 4340. The van der Waals surface area contributed by atoms with Gasteiger partial charge in [-0.3, -0.25) is 0 Å². The van der Waals surface area contributed by atoms with E-state index >= 15 is 0 Å². The minimum Gasteiger partial charge on any atom is -0.308 e. The summed E-state index contributed by atoms with van der Waals surface area (Å²) in [5.41, 5.74) is 1.23. The first-order valence-electron chi connectivity index (χ1n) is 24.4. The molecule has 11 aromatic rings. The Morgan fingerprint density at radius 1 is 0.333 bits per heavy atom. The Morgan fingerprint density at radius 2 is 0.691 bits per heavy atom. The van der Waals surface area contributed by atoms with Gasteiger partial charge in [0.2, 0.25) is 0 Å². The van der Waals surface area contributed by atoms with Gasteiger partial charge < -0.3 is 4.57 Å². The Labute approximate surface area is 457 Å². The predicted molar refractivity (Wildman–Crippen MR) is 291 cm³/mol. The quantitative estimate of drug-likeness (QED) is 0.133. The molecule has 0 amide bonds. The van der Waals surface area contributed by atoms with Crippen molar-refractivity contribution < 1.29 is 26.3 Å². The van der Waals surface area contributed by atoms with Gasteiger partial charge in [-0.2, -0.15) is 57.9 Å². The zero-order chi connectivity index (χ0) is 56.7. The van der Waals surface area contributed by atoms with E-state index in [1.54, 1.807) is 102 Å². The van der Waals surface area contributed by atoms with Crippen LogP contribution in [0.15, 0.2) is 182 Å². The molecule has 81 heavy (non-hydrogen) atoms. The van der Waals surface area contributed by atoms with Gasteiger partial charge in [-0.15, -0.1) is 0 Å². The van der Waals surface area contributed by atoms with Crippen molar-refractivity contribution in [3.8, 4) is 121 Å². The second-order valence-electron chi connectivity index (χ2n) is 18.5. The number of hydrogen-bond donors (Lipinski definition) is 0. The van der Waals surface area contributed by atoms with E-state index in [1.807, 2.05) is 24.3 Å². The predicted octanol–water partition coefficient (Wildman–Crippen LogP) is 15.9. The summed E-state index contributed by atoms with van der Waals surface area (Å²) in [5, 5.41) is 62.1. The van der Waals surface area contributed by atoms with E-state index in [0.717, 1.165) is 24.3 Å². The Morgan fingerprint density at radius 3 is 1.04 bits per heavy atom. The molecule has 0 aliphatic rings. The SMILES string of the molecule is N#Cc1cc(C#N)c(-c2ccc3c(c2)c2cc(-c4c(C#N)cc(C#N)cc4C#N)ccc2n3-c2c(-c3cccc(C(F)(F)F)c3)cc(-c3nc(-c4ccccc4)nc(-c4ccccc4)n3)cc2-c2cccc(C(F)(F)F)c2)c(C#N)c1. The lowest BCUT2D eigenvalue weighted by molar-refractivity contribution is -0.138. The minimum absolute atomic E-state index is 0.0106. The number of halogens is 6. The maximum absolute atomic E-state index is 14.9. The van der Waals surface area contributed by atoms with Crippen LogP contribution in [0.3, 0.4) is 0 Å². The summed E-state index contributed by atoms with van der Waals surface area (Å²) in [5.74, 6) is 0.475. The Kier molecular flexibility index (Phi) is 12.9. The first kappa shape index (κ1) is 51.4. The van der Waals surface area contributed by atoms with E-state index in [9.17, 15) is 57.9 Å². The zero-order valence-electron chi connectivity index (χ0n) is 41.6. The van der Waals surface area contributed by atoms with Crippen LogP contribution in [-0.4, -0.2) is 19.5 Å². The number of hydrogen-bond acceptors (Lipinski definition) is 9. The van der Waals surface area contributed by atoms with Crippen LogP contribution in [0.5, 0.6) is 0 Å². The number of alkyl halides is 6. The summed E-state index contributed by atoms with van der Waals surface area (Å²) in [7, 11) is 0. The first-order chi connectivity index (χ1) is 39.1. The van der Waals surface area contributed by atoms with Crippen molar-refractivity contribution in [2.24, 2.45) is 0 Å². The van der Waals surface area contributed by atoms with E-state index in [2.05, 4.69) is 24.3 Å². The number of fused-ring (bicyclic) bond motifs is 3. The van der Waals surface area contributed by atoms with Gasteiger partial charge in [0.1, 0.15) is 0 Å². The molecule has 2 heterocycles. The lowest BCUT2D eigenvalue weighted by Gasteiger charge is -2.22. The molecule has 0 atom stereocenters. The molecule has 0 radical (unpaired) electrons. The van der Waals surface area contributed by atoms with E-state index in [1.165, 1.54) is 48.5 Å². The summed E-state index contributed by atoms with van der Waals surface area (Å²) in [6.45, 7) is 0. The minimum atomic E-state index is -4.85. The summed E-state index contributed by atoms with van der Waals surface area (Å²) >= 11 is 0. The first-order valence-corrected chi connectivity index (χ1v) is 24.4. The highest BCUT2D eigenvalue weighted by atomic mass is 19.4. The molecule has 0 fully saturated rings. The molecule has 0 saturated heterocycles. The molecule has 0 saturated carbocycles. The molecule has 0 spiro atoms. The van der Waals surface area contributed by atoms with Crippen LogP contribution in [0.1, 0.15) is 44.5 Å². The largest absolute Gasteiger partial charge is 0.416 e. The second-order valence-corrected chi connectivity index (χ2v) is 18.5.